The van der Waals surface area contributed by atoms with Crippen LogP contribution in [0, 0.1) is 28.6 Å². The van der Waals surface area contributed by atoms with Gasteiger partial charge in [-0.3, -0.25) is 18.9 Å². The summed E-state index contributed by atoms with van der Waals surface area (Å²) in [5, 5.41) is 31.8. The first-order valence-corrected chi connectivity index (χ1v) is 17.7. The highest BCUT2D eigenvalue weighted by Crippen LogP contribution is 2.67. The molecule has 7 atom stereocenters. The second kappa shape index (κ2) is 12.6. The normalized spacial score (nSPS) is 32.7. The highest BCUT2D eigenvalue weighted by atomic mass is 32.2. The number of rotatable bonds is 9. The highest BCUT2D eigenvalue weighted by molar-refractivity contribution is 7.85. The Labute approximate surface area is 279 Å². The molecule has 6 rings (SSSR count). The number of ether oxygens (including phenoxy) is 1. The van der Waals surface area contributed by atoms with Gasteiger partial charge in [0.25, 0.3) is 10.1 Å². The van der Waals surface area contributed by atoms with Gasteiger partial charge >= 0.3 is 5.97 Å². The van der Waals surface area contributed by atoms with E-state index >= 15 is 0 Å². The third-order valence-corrected chi connectivity index (χ3v) is 12.3. The fraction of sp³-hybridized carbons (Fsp3) is 0.472. The van der Waals surface area contributed by atoms with Crippen LogP contribution in [-0.2, 0) is 35.7 Å². The number of benzene rings is 2. The van der Waals surface area contributed by atoms with E-state index in [-0.39, 0.29) is 54.1 Å². The lowest BCUT2D eigenvalue weighted by molar-refractivity contribution is -0.181. The van der Waals surface area contributed by atoms with Crippen molar-refractivity contribution < 1.29 is 42.3 Å². The summed E-state index contributed by atoms with van der Waals surface area (Å²) in [4.78, 5) is 38.2. The number of esters is 1. The van der Waals surface area contributed by atoms with Crippen molar-refractivity contribution in [3.05, 3.63) is 77.9 Å². The van der Waals surface area contributed by atoms with Crippen molar-refractivity contribution in [2.24, 2.45) is 38.8 Å². The number of hydrogen-bond donors (Lipinski definition) is 3. The number of carbonyl (C=O) groups is 3. The van der Waals surface area contributed by atoms with Gasteiger partial charge in [0.1, 0.15) is 5.60 Å². The van der Waals surface area contributed by atoms with E-state index in [9.17, 15) is 33.0 Å². The number of Topliss-reactive ketones (excluding diaryl/α,β-unsaturated/α-hetero) is 1. The minimum absolute atomic E-state index is 0.00808. The quantitative estimate of drug-likeness (QED) is 0.178. The van der Waals surface area contributed by atoms with Crippen molar-refractivity contribution in [1.82, 2.24) is 0 Å². The van der Waals surface area contributed by atoms with Gasteiger partial charge in [-0.05, 0) is 98.4 Å². The van der Waals surface area contributed by atoms with Gasteiger partial charge in [0.15, 0.2) is 12.4 Å². The van der Waals surface area contributed by atoms with Crippen molar-refractivity contribution >= 4 is 39.0 Å². The Kier molecular flexibility index (Phi) is 8.91. The highest BCUT2D eigenvalue weighted by Gasteiger charge is 2.68. The molecule has 0 radical (unpaired) electrons. The first kappa shape index (κ1) is 34.0. The van der Waals surface area contributed by atoms with Crippen LogP contribution in [0.3, 0.4) is 0 Å². The van der Waals surface area contributed by atoms with E-state index in [0.29, 0.717) is 23.4 Å². The summed E-state index contributed by atoms with van der Waals surface area (Å²) in [5.41, 5.74) is -0.498. The lowest BCUT2D eigenvalue weighted by Crippen LogP contribution is -2.61. The summed E-state index contributed by atoms with van der Waals surface area (Å²) in [6.07, 6.45) is 7.19. The van der Waals surface area contributed by atoms with Crippen molar-refractivity contribution in [3.8, 4) is 0 Å². The van der Waals surface area contributed by atoms with Gasteiger partial charge < -0.3 is 14.9 Å². The molecule has 3 N–H and O–H groups in total. The smallest absolute Gasteiger partial charge is 0.306 e. The largest absolute Gasteiger partial charge is 0.458 e. The molecule has 254 valence electrons. The predicted molar refractivity (Wildman–Crippen MR) is 174 cm³/mol. The third kappa shape index (κ3) is 5.99. The first-order chi connectivity index (χ1) is 22.7. The van der Waals surface area contributed by atoms with E-state index in [0.717, 1.165) is 18.4 Å². The Hall–Kier alpha value is -3.84. The van der Waals surface area contributed by atoms with Gasteiger partial charge in [0.05, 0.1) is 22.4 Å². The molecule has 3 saturated carbocycles. The Bertz CT molecular complexity index is 1840. The fourth-order valence-electron chi connectivity index (χ4n) is 8.98. The van der Waals surface area contributed by atoms with E-state index < -0.39 is 51.0 Å². The number of carbonyl (C=O) groups excluding carboxylic acids is 3. The average Bonchev–Trinajstić information content (AvgIpc) is 3.32. The molecule has 4 aliphatic carbocycles. The van der Waals surface area contributed by atoms with E-state index in [1.807, 2.05) is 13.0 Å². The zero-order chi connectivity index (χ0) is 34.5. The summed E-state index contributed by atoms with van der Waals surface area (Å²) in [7, 11) is -4.32. The average molecular weight is 677 g/mol. The van der Waals surface area contributed by atoms with Crippen LogP contribution in [-0.4, -0.2) is 59.0 Å². The van der Waals surface area contributed by atoms with Gasteiger partial charge in [0.2, 0.25) is 5.78 Å². The molecule has 48 heavy (non-hydrogen) atoms. The Balaban J connectivity index is 1.07. The minimum atomic E-state index is -4.32. The summed E-state index contributed by atoms with van der Waals surface area (Å²) in [6, 6.07) is 12.3. The molecular weight excluding hydrogens is 636 g/mol. The first-order valence-electron chi connectivity index (χ1n) is 16.3. The van der Waals surface area contributed by atoms with E-state index in [2.05, 4.69) is 17.2 Å². The number of aryl methyl sites for hydroxylation is 1. The van der Waals surface area contributed by atoms with Gasteiger partial charge in [-0.25, -0.2) is 0 Å². The number of ketones is 2. The van der Waals surface area contributed by atoms with Gasteiger partial charge in [-0.1, -0.05) is 43.7 Å². The van der Waals surface area contributed by atoms with Crippen LogP contribution in [0.15, 0.2) is 87.5 Å². The maximum Gasteiger partial charge on any atom is 0.306 e. The molecule has 2 aromatic rings. The van der Waals surface area contributed by atoms with Crippen molar-refractivity contribution in [2.75, 3.05) is 6.61 Å². The van der Waals surface area contributed by atoms with E-state index in [1.165, 1.54) is 24.3 Å². The number of nitrogens with zero attached hydrogens (tertiary/aromatic N) is 2. The van der Waals surface area contributed by atoms with Crippen molar-refractivity contribution in [2.45, 2.75) is 75.4 Å². The third-order valence-electron chi connectivity index (χ3n) is 11.5. The molecule has 4 aliphatic rings. The maximum absolute atomic E-state index is 13.6. The molecule has 2 aromatic carbocycles. The molecule has 0 aliphatic heterocycles. The van der Waals surface area contributed by atoms with Crippen LogP contribution in [0.2, 0.25) is 0 Å². The molecule has 3 fully saturated rings. The number of aliphatic hydroxyl groups is 2. The van der Waals surface area contributed by atoms with Gasteiger partial charge in [-0.2, -0.15) is 18.6 Å². The number of azo groups is 1. The lowest BCUT2D eigenvalue weighted by Gasteiger charge is -2.59. The summed E-state index contributed by atoms with van der Waals surface area (Å²) >= 11 is 0. The topological polar surface area (TPSA) is 180 Å². The molecule has 0 saturated heterocycles. The molecule has 11 nitrogen and oxygen atoms in total. The number of hydrogen-bond acceptors (Lipinski definition) is 10. The van der Waals surface area contributed by atoms with Crippen LogP contribution in [0.4, 0.5) is 11.4 Å². The molecule has 0 heterocycles. The SMILES string of the molecule is CC12C=CC(=O)C=C1CCC1C2C(O)CC2(C)C1CCC2(O)C(=O)COC(=O)CCc1ccccc1N=Nc1ccc(S(=O)(=O)O)cc1. The van der Waals surface area contributed by atoms with E-state index in [1.54, 1.807) is 36.4 Å². The van der Waals surface area contributed by atoms with Crippen LogP contribution >= 0.6 is 0 Å². The standard InChI is InChI=1S/C36H40N2O9S/c1-34-17-15-25(39)19-23(34)8-13-27-28-16-18-36(43,35(28,2)20-30(40)33(27)34)31(41)21-47-32(42)14-7-22-5-3-4-6-29(22)38-37-24-9-11-26(12-10-24)48(44,45)46/h3-6,9-12,15,17,19,27-28,30,33,40,43H,7-8,13-14,16,18,20-21H2,1-2H3,(H,44,45,46). The van der Waals surface area contributed by atoms with Crippen LogP contribution in [0.25, 0.3) is 0 Å². The molecular formula is C36H40N2O9S. The van der Waals surface area contributed by atoms with Crippen LogP contribution < -0.4 is 0 Å². The summed E-state index contributed by atoms with van der Waals surface area (Å²) in [6.45, 7) is 3.38. The number of aliphatic hydroxyl groups excluding tert-OH is 1. The molecule has 7 unspecified atom stereocenters. The Morgan fingerprint density at radius 1 is 1.04 bits per heavy atom. The molecule has 0 amide bonds. The van der Waals surface area contributed by atoms with Crippen LogP contribution in [0.5, 0.6) is 0 Å². The van der Waals surface area contributed by atoms with Gasteiger partial charge in [-0.15, -0.1) is 0 Å². The molecule has 12 heteroatoms. The minimum Gasteiger partial charge on any atom is -0.458 e. The maximum atomic E-state index is 13.6. The zero-order valence-corrected chi connectivity index (χ0v) is 27.7. The van der Waals surface area contributed by atoms with Crippen molar-refractivity contribution in [3.63, 3.8) is 0 Å². The Morgan fingerprint density at radius 2 is 1.77 bits per heavy atom. The van der Waals surface area contributed by atoms with Gasteiger partial charge in [0, 0.05) is 23.2 Å². The summed E-state index contributed by atoms with van der Waals surface area (Å²) in [5.74, 6) is -1.27. The van der Waals surface area contributed by atoms with E-state index in [4.69, 9.17) is 9.29 Å². The monoisotopic (exact) mass is 676 g/mol. The van der Waals surface area contributed by atoms with Crippen molar-refractivity contribution in [1.29, 1.82) is 0 Å². The zero-order valence-electron chi connectivity index (χ0n) is 26.9. The molecule has 0 bridgehead atoms. The number of allylic oxidation sites excluding steroid dienone is 4. The molecule has 0 aromatic heterocycles. The summed E-state index contributed by atoms with van der Waals surface area (Å²) < 4.78 is 37.0. The van der Waals surface area contributed by atoms with Crippen LogP contribution in [0.1, 0.15) is 57.9 Å². The predicted octanol–water partition coefficient (Wildman–Crippen LogP) is 5.40. The Morgan fingerprint density at radius 3 is 2.50 bits per heavy atom. The molecule has 0 spiro atoms. The fourth-order valence-corrected chi connectivity index (χ4v) is 9.46. The second-order valence-electron chi connectivity index (χ2n) is 14.0. The second-order valence-corrected chi connectivity index (χ2v) is 15.4. The number of fused-ring (bicyclic) bond motifs is 5. The lowest BCUT2D eigenvalue weighted by atomic mass is 9.46.